The molecule has 2 aliphatic heterocycles. The summed E-state index contributed by atoms with van der Waals surface area (Å²) in [5.74, 6) is 0.523. The Labute approximate surface area is 250 Å². The third-order valence-electron chi connectivity index (χ3n) is 8.48. The topological polar surface area (TPSA) is 91.0 Å². The van der Waals surface area contributed by atoms with Gasteiger partial charge >= 0.3 is 6.09 Å². The van der Waals surface area contributed by atoms with Gasteiger partial charge in [-0.2, -0.15) is 0 Å². The van der Waals surface area contributed by atoms with Crippen molar-refractivity contribution in [3.63, 3.8) is 0 Å². The fraction of sp³-hybridized carbons (Fsp3) is 0.688. The molecule has 3 aliphatic rings. The van der Waals surface area contributed by atoms with Crippen molar-refractivity contribution in [2.24, 2.45) is 5.92 Å². The number of hydrogen-bond donors (Lipinski definition) is 2. The van der Waals surface area contributed by atoms with Crippen molar-refractivity contribution in [1.82, 2.24) is 20.4 Å². The van der Waals surface area contributed by atoms with Crippen molar-refractivity contribution in [3.8, 4) is 0 Å². The number of benzene rings is 1. The number of hydrogen-bond acceptors (Lipinski definition) is 6. The maximum absolute atomic E-state index is 13.7. The molecular weight excluding hydrogens is 536 g/mol. The molecule has 1 aromatic rings. The van der Waals surface area contributed by atoms with Crippen molar-refractivity contribution in [3.05, 3.63) is 35.9 Å². The zero-order valence-corrected chi connectivity index (χ0v) is 25.8. The molecule has 0 radical (unpaired) electrons. The van der Waals surface area contributed by atoms with Gasteiger partial charge in [-0.1, -0.05) is 74.7 Å². The quantitative estimate of drug-likeness (QED) is 0.395. The van der Waals surface area contributed by atoms with Crippen LogP contribution in [0.2, 0.25) is 0 Å². The summed E-state index contributed by atoms with van der Waals surface area (Å²) in [6, 6.07) is 9.51. The van der Waals surface area contributed by atoms with Gasteiger partial charge in [0.1, 0.15) is 11.6 Å². The van der Waals surface area contributed by atoms with Crippen LogP contribution in [-0.4, -0.2) is 75.9 Å². The molecule has 3 fully saturated rings. The second-order valence-corrected chi connectivity index (χ2v) is 13.5. The summed E-state index contributed by atoms with van der Waals surface area (Å²) in [6.45, 7) is 8.17. The van der Waals surface area contributed by atoms with E-state index in [9.17, 15) is 14.4 Å². The Kier molecular flexibility index (Phi) is 11.2. The van der Waals surface area contributed by atoms with Gasteiger partial charge in [-0.25, -0.2) is 4.79 Å². The molecule has 8 nitrogen and oxygen atoms in total. The third-order valence-corrected chi connectivity index (χ3v) is 8.87. The summed E-state index contributed by atoms with van der Waals surface area (Å²) in [6.07, 6.45) is 9.26. The highest BCUT2D eigenvalue weighted by Gasteiger charge is 2.40. The molecule has 226 valence electrons. The van der Waals surface area contributed by atoms with Gasteiger partial charge in [0, 0.05) is 32.1 Å². The molecule has 9 heteroatoms. The predicted octanol–water partition coefficient (Wildman–Crippen LogP) is 4.99. The summed E-state index contributed by atoms with van der Waals surface area (Å²) < 4.78 is 5.54. The SMILES string of the molecule is CC(C)(C)OC(=O)N1CC(=O)C[C@H]1C(=S)N[C@H](CCC1CCCCC1)C(=O)NC1CCN(Cc2ccccc2)CC1. The van der Waals surface area contributed by atoms with E-state index in [0.29, 0.717) is 17.3 Å². The first-order valence-electron chi connectivity index (χ1n) is 15.5. The average Bonchev–Trinajstić information content (AvgIpc) is 3.34. The molecule has 2 N–H and O–H groups in total. The Morgan fingerprint density at radius 1 is 1.05 bits per heavy atom. The van der Waals surface area contributed by atoms with Crippen molar-refractivity contribution in [2.45, 2.75) is 115 Å². The lowest BCUT2D eigenvalue weighted by Gasteiger charge is -2.34. The molecule has 0 bridgehead atoms. The third kappa shape index (κ3) is 9.77. The van der Waals surface area contributed by atoms with E-state index in [-0.39, 0.29) is 30.7 Å². The Morgan fingerprint density at radius 3 is 2.39 bits per heavy atom. The summed E-state index contributed by atoms with van der Waals surface area (Å²) in [7, 11) is 0. The first-order valence-corrected chi connectivity index (χ1v) is 15.9. The van der Waals surface area contributed by atoms with E-state index in [4.69, 9.17) is 17.0 Å². The molecule has 0 unspecified atom stereocenters. The number of amides is 2. The van der Waals surface area contributed by atoms with Crippen LogP contribution in [0.5, 0.6) is 0 Å². The van der Waals surface area contributed by atoms with E-state index in [1.54, 1.807) is 20.8 Å². The van der Waals surface area contributed by atoms with Crippen molar-refractivity contribution in [2.75, 3.05) is 19.6 Å². The van der Waals surface area contributed by atoms with Crippen LogP contribution < -0.4 is 10.6 Å². The number of carbonyl (C=O) groups excluding carboxylic acids is 3. The molecular formula is C32H48N4O4S. The second-order valence-electron chi connectivity index (χ2n) is 13.1. The second kappa shape index (κ2) is 14.6. The van der Waals surface area contributed by atoms with Crippen LogP contribution in [0, 0.1) is 5.92 Å². The number of Topliss-reactive ketones (excluding diaryl/α,β-unsaturated/α-hetero) is 1. The van der Waals surface area contributed by atoms with E-state index in [1.807, 2.05) is 6.07 Å². The zero-order valence-electron chi connectivity index (χ0n) is 25.0. The molecule has 0 spiro atoms. The number of piperidine rings is 1. The minimum Gasteiger partial charge on any atom is -0.444 e. The van der Waals surface area contributed by atoms with Gasteiger partial charge in [0.25, 0.3) is 0 Å². The largest absolute Gasteiger partial charge is 0.444 e. The van der Waals surface area contributed by atoms with Crippen LogP contribution in [0.25, 0.3) is 0 Å². The van der Waals surface area contributed by atoms with Gasteiger partial charge in [-0.15, -0.1) is 0 Å². The molecule has 41 heavy (non-hydrogen) atoms. The number of nitrogens with zero attached hydrogens (tertiary/aromatic N) is 2. The van der Waals surface area contributed by atoms with Crippen LogP contribution in [-0.2, 0) is 20.9 Å². The maximum Gasteiger partial charge on any atom is 0.411 e. The molecule has 2 amide bonds. The van der Waals surface area contributed by atoms with Crippen molar-refractivity contribution in [1.29, 1.82) is 0 Å². The highest BCUT2D eigenvalue weighted by Crippen LogP contribution is 2.28. The molecule has 1 saturated carbocycles. The highest BCUT2D eigenvalue weighted by molar-refractivity contribution is 7.80. The van der Waals surface area contributed by atoms with Gasteiger partial charge < -0.3 is 15.4 Å². The number of ether oxygens (including phenoxy) is 1. The Bertz CT molecular complexity index is 1050. The van der Waals surface area contributed by atoms with Gasteiger partial charge in [-0.3, -0.25) is 19.4 Å². The minimum absolute atomic E-state index is 0.0259. The van der Waals surface area contributed by atoms with E-state index < -0.39 is 23.8 Å². The maximum atomic E-state index is 13.7. The monoisotopic (exact) mass is 584 g/mol. The minimum atomic E-state index is -0.679. The summed E-state index contributed by atoms with van der Waals surface area (Å²) in [4.78, 5) is 43.1. The van der Waals surface area contributed by atoms with Gasteiger partial charge in [0.05, 0.1) is 17.6 Å². The van der Waals surface area contributed by atoms with Crippen LogP contribution in [0.3, 0.4) is 0 Å². The fourth-order valence-electron chi connectivity index (χ4n) is 6.23. The van der Waals surface area contributed by atoms with Gasteiger partial charge in [0.2, 0.25) is 5.91 Å². The predicted molar refractivity (Wildman–Crippen MR) is 165 cm³/mol. The Hall–Kier alpha value is -2.52. The number of rotatable bonds is 9. The first kappa shape index (κ1) is 31.4. The van der Waals surface area contributed by atoms with Crippen molar-refractivity contribution >= 4 is 35.0 Å². The lowest BCUT2D eigenvalue weighted by atomic mass is 9.85. The number of likely N-dealkylation sites (tertiary alicyclic amines) is 2. The van der Waals surface area contributed by atoms with E-state index in [0.717, 1.165) is 38.9 Å². The molecule has 1 aliphatic carbocycles. The molecule has 1 aromatic carbocycles. The lowest BCUT2D eigenvalue weighted by Crippen LogP contribution is -2.55. The van der Waals surface area contributed by atoms with Crippen molar-refractivity contribution < 1.29 is 19.1 Å². The smallest absolute Gasteiger partial charge is 0.411 e. The summed E-state index contributed by atoms with van der Waals surface area (Å²) in [5, 5.41) is 6.61. The first-order chi connectivity index (χ1) is 19.6. The van der Waals surface area contributed by atoms with Crippen LogP contribution in [0.15, 0.2) is 30.3 Å². The number of ketones is 1. The summed E-state index contributed by atoms with van der Waals surface area (Å²) in [5.41, 5.74) is 0.628. The fourth-order valence-corrected chi connectivity index (χ4v) is 6.58. The van der Waals surface area contributed by atoms with Gasteiger partial charge in [-0.05, 0) is 57.9 Å². The van der Waals surface area contributed by atoms with Crippen LogP contribution >= 0.6 is 12.2 Å². The summed E-state index contributed by atoms with van der Waals surface area (Å²) >= 11 is 5.75. The molecule has 2 heterocycles. The molecule has 4 rings (SSSR count). The lowest BCUT2D eigenvalue weighted by molar-refractivity contribution is -0.124. The standard InChI is InChI=1S/C32H48N4O4S/c1-32(2,3)40-31(39)36-22-26(37)20-28(36)30(41)34-27(15-14-23-10-6-4-7-11-23)29(38)33-25-16-18-35(19-17-25)21-24-12-8-5-9-13-24/h5,8-9,12-13,23,25,27-28H,4,6-7,10-11,14-22H2,1-3H3,(H,33,38)(H,34,41)/t27-,28+/m1/s1. The zero-order chi connectivity index (χ0) is 29.4. The Morgan fingerprint density at radius 2 is 1.73 bits per heavy atom. The molecule has 0 aromatic heterocycles. The normalized spacial score (nSPS) is 21.9. The van der Waals surface area contributed by atoms with Crippen LogP contribution in [0.4, 0.5) is 4.79 Å². The van der Waals surface area contributed by atoms with E-state index in [1.165, 1.54) is 42.6 Å². The van der Waals surface area contributed by atoms with E-state index in [2.05, 4.69) is 39.8 Å². The highest BCUT2D eigenvalue weighted by atomic mass is 32.1. The number of carbonyl (C=O) groups is 3. The van der Waals surface area contributed by atoms with Gasteiger partial charge in [0.15, 0.2) is 5.78 Å². The number of nitrogens with one attached hydrogen (secondary N) is 2. The van der Waals surface area contributed by atoms with E-state index >= 15 is 0 Å². The van der Waals surface area contributed by atoms with Crippen LogP contribution in [0.1, 0.15) is 90.5 Å². The molecule has 2 saturated heterocycles. The Balaban J connectivity index is 1.36. The average molecular weight is 585 g/mol. The molecule has 2 atom stereocenters. The number of thiocarbonyl (C=S) groups is 1.